The van der Waals surface area contributed by atoms with Crippen LogP contribution in [0.1, 0.15) is 12.8 Å². The first kappa shape index (κ1) is 13.2. The standard InChI is InChI=1S/C10H18O3Si/c1-12-10(11)8-6-5-7-9-13-14(2,3)4/h7-9H2,1-4H3. The summed E-state index contributed by atoms with van der Waals surface area (Å²) in [5.41, 5.74) is 0. The van der Waals surface area contributed by atoms with Gasteiger partial charge < -0.3 is 9.16 Å². The highest BCUT2D eigenvalue weighted by Crippen LogP contribution is 2.02. The Morgan fingerprint density at radius 1 is 1.29 bits per heavy atom. The molecule has 0 aromatic heterocycles. The lowest BCUT2D eigenvalue weighted by Gasteiger charge is -2.15. The van der Waals surface area contributed by atoms with Crippen LogP contribution < -0.4 is 0 Å². The number of rotatable bonds is 4. The molecule has 0 aliphatic carbocycles. The molecule has 0 aliphatic heterocycles. The first-order chi connectivity index (χ1) is 6.45. The van der Waals surface area contributed by atoms with E-state index >= 15 is 0 Å². The molecule has 0 bridgehead atoms. The molecule has 0 fully saturated rings. The molecule has 0 aromatic carbocycles. The van der Waals surface area contributed by atoms with Gasteiger partial charge in [0, 0.05) is 13.0 Å². The van der Waals surface area contributed by atoms with E-state index in [4.69, 9.17) is 4.43 Å². The van der Waals surface area contributed by atoms with Crippen LogP contribution in [0.4, 0.5) is 0 Å². The largest absolute Gasteiger partial charge is 0.468 e. The zero-order valence-corrected chi connectivity index (χ0v) is 10.3. The van der Waals surface area contributed by atoms with E-state index in [-0.39, 0.29) is 12.4 Å². The molecule has 3 nitrogen and oxygen atoms in total. The summed E-state index contributed by atoms with van der Waals surface area (Å²) in [4.78, 5) is 10.7. The molecule has 0 amide bonds. The second kappa shape index (κ2) is 6.63. The SMILES string of the molecule is COC(=O)CC#CCCO[Si](C)(C)C. The summed E-state index contributed by atoms with van der Waals surface area (Å²) in [6.07, 6.45) is 0.852. The van der Waals surface area contributed by atoms with Crippen molar-refractivity contribution in [3.05, 3.63) is 0 Å². The molecular weight excluding hydrogens is 196 g/mol. The van der Waals surface area contributed by atoms with E-state index in [1.54, 1.807) is 0 Å². The summed E-state index contributed by atoms with van der Waals surface area (Å²) < 4.78 is 10.0. The molecule has 14 heavy (non-hydrogen) atoms. The second-order valence-electron chi connectivity index (χ2n) is 3.82. The maximum atomic E-state index is 10.7. The van der Waals surface area contributed by atoms with Gasteiger partial charge >= 0.3 is 5.97 Å². The van der Waals surface area contributed by atoms with Gasteiger partial charge in [-0.15, -0.1) is 5.92 Å². The molecule has 0 saturated carbocycles. The Bertz CT molecular complexity index is 232. The zero-order chi connectivity index (χ0) is 11.0. The maximum Gasteiger partial charge on any atom is 0.317 e. The van der Waals surface area contributed by atoms with Crippen LogP contribution in [0.2, 0.25) is 19.6 Å². The van der Waals surface area contributed by atoms with Gasteiger partial charge in [-0.2, -0.15) is 0 Å². The average molecular weight is 214 g/mol. The first-order valence-electron chi connectivity index (χ1n) is 4.62. The van der Waals surface area contributed by atoms with E-state index in [0.717, 1.165) is 0 Å². The van der Waals surface area contributed by atoms with Gasteiger partial charge in [0.1, 0.15) is 6.42 Å². The summed E-state index contributed by atoms with van der Waals surface area (Å²) in [6.45, 7) is 7.06. The second-order valence-corrected chi connectivity index (χ2v) is 8.33. The van der Waals surface area contributed by atoms with Crippen molar-refractivity contribution in [2.45, 2.75) is 32.5 Å². The highest BCUT2D eigenvalue weighted by molar-refractivity contribution is 6.69. The summed E-state index contributed by atoms with van der Waals surface area (Å²) >= 11 is 0. The zero-order valence-electron chi connectivity index (χ0n) is 9.35. The lowest BCUT2D eigenvalue weighted by Crippen LogP contribution is -2.25. The van der Waals surface area contributed by atoms with Crippen LogP contribution in [0.3, 0.4) is 0 Å². The van der Waals surface area contributed by atoms with Gasteiger partial charge in [-0.25, -0.2) is 0 Å². The normalized spacial score (nSPS) is 10.3. The van der Waals surface area contributed by atoms with Crippen LogP contribution in [0.25, 0.3) is 0 Å². The number of hydrogen-bond acceptors (Lipinski definition) is 3. The fourth-order valence-corrected chi connectivity index (χ4v) is 1.42. The Morgan fingerprint density at radius 2 is 1.93 bits per heavy atom. The highest BCUT2D eigenvalue weighted by atomic mass is 28.4. The highest BCUT2D eigenvalue weighted by Gasteiger charge is 2.12. The minimum Gasteiger partial charge on any atom is -0.468 e. The van der Waals surface area contributed by atoms with E-state index in [0.29, 0.717) is 13.0 Å². The van der Waals surface area contributed by atoms with E-state index in [9.17, 15) is 4.79 Å². The van der Waals surface area contributed by atoms with Crippen molar-refractivity contribution in [2.24, 2.45) is 0 Å². The number of ether oxygens (including phenoxy) is 1. The van der Waals surface area contributed by atoms with Crippen LogP contribution in [-0.2, 0) is 14.0 Å². The van der Waals surface area contributed by atoms with E-state index in [2.05, 4.69) is 36.2 Å². The van der Waals surface area contributed by atoms with Crippen molar-refractivity contribution >= 4 is 14.3 Å². The number of carbonyl (C=O) groups excluding carboxylic acids is 1. The molecule has 0 N–H and O–H groups in total. The van der Waals surface area contributed by atoms with Crippen molar-refractivity contribution in [1.29, 1.82) is 0 Å². The van der Waals surface area contributed by atoms with Gasteiger partial charge in [0.05, 0.1) is 7.11 Å². The Hall–Kier alpha value is -0.793. The summed E-state index contributed by atoms with van der Waals surface area (Å²) in [5, 5.41) is 0. The van der Waals surface area contributed by atoms with Crippen molar-refractivity contribution in [3.8, 4) is 11.8 Å². The number of esters is 1. The summed E-state index contributed by atoms with van der Waals surface area (Å²) in [6, 6.07) is 0. The van der Waals surface area contributed by atoms with Crippen LogP contribution in [-0.4, -0.2) is 28.0 Å². The van der Waals surface area contributed by atoms with Crippen LogP contribution in [0.5, 0.6) is 0 Å². The Labute approximate surface area is 86.9 Å². The van der Waals surface area contributed by atoms with Gasteiger partial charge in [-0.3, -0.25) is 4.79 Å². The van der Waals surface area contributed by atoms with E-state index in [1.165, 1.54) is 7.11 Å². The Morgan fingerprint density at radius 3 is 2.43 bits per heavy atom. The molecule has 0 rings (SSSR count). The molecule has 80 valence electrons. The van der Waals surface area contributed by atoms with Crippen LogP contribution in [0, 0.1) is 11.8 Å². The molecule has 4 heteroatoms. The van der Waals surface area contributed by atoms with Crippen molar-refractivity contribution in [2.75, 3.05) is 13.7 Å². The average Bonchev–Trinajstić information content (AvgIpc) is 2.08. The molecule has 0 heterocycles. The lowest BCUT2D eigenvalue weighted by molar-refractivity contribution is -0.139. The third kappa shape index (κ3) is 9.30. The topological polar surface area (TPSA) is 35.5 Å². The fourth-order valence-electron chi connectivity index (χ4n) is 0.703. The summed E-state index contributed by atoms with van der Waals surface area (Å²) in [5.74, 6) is 5.31. The smallest absolute Gasteiger partial charge is 0.317 e. The molecule has 0 aromatic rings. The summed E-state index contributed by atoms with van der Waals surface area (Å²) in [7, 11) is -0.0461. The fraction of sp³-hybridized carbons (Fsp3) is 0.700. The first-order valence-corrected chi connectivity index (χ1v) is 8.03. The van der Waals surface area contributed by atoms with Gasteiger partial charge in [-0.1, -0.05) is 5.92 Å². The van der Waals surface area contributed by atoms with Crippen LogP contribution >= 0.6 is 0 Å². The third-order valence-corrected chi connectivity index (χ3v) is 2.42. The van der Waals surface area contributed by atoms with E-state index in [1.807, 2.05) is 0 Å². The predicted octanol–water partition coefficient (Wildman–Crippen LogP) is 1.79. The van der Waals surface area contributed by atoms with Crippen molar-refractivity contribution < 1.29 is 14.0 Å². The van der Waals surface area contributed by atoms with Gasteiger partial charge in [0.2, 0.25) is 0 Å². The van der Waals surface area contributed by atoms with Crippen molar-refractivity contribution in [1.82, 2.24) is 0 Å². The number of methoxy groups -OCH3 is 1. The predicted molar refractivity (Wildman–Crippen MR) is 58.3 cm³/mol. The third-order valence-electron chi connectivity index (χ3n) is 1.35. The Kier molecular flexibility index (Phi) is 6.25. The molecule has 0 radical (unpaired) electrons. The van der Waals surface area contributed by atoms with Gasteiger partial charge in [0.25, 0.3) is 0 Å². The number of hydrogen-bond donors (Lipinski definition) is 0. The molecular formula is C10H18O3Si. The van der Waals surface area contributed by atoms with E-state index < -0.39 is 8.32 Å². The Balaban J connectivity index is 3.49. The quantitative estimate of drug-likeness (QED) is 0.310. The molecule has 0 saturated heterocycles. The maximum absolute atomic E-state index is 10.7. The van der Waals surface area contributed by atoms with Crippen molar-refractivity contribution in [3.63, 3.8) is 0 Å². The number of carbonyl (C=O) groups is 1. The minimum atomic E-state index is -1.41. The van der Waals surface area contributed by atoms with Gasteiger partial charge in [0.15, 0.2) is 8.32 Å². The van der Waals surface area contributed by atoms with Crippen LogP contribution in [0.15, 0.2) is 0 Å². The lowest BCUT2D eigenvalue weighted by atomic mass is 10.4. The minimum absolute atomic E-state index is 0.170. The molecule has 0 spiro atoms. The molecule has 0 atom stereocenters. The molecule has 0 aliphatic rings. The van der Waals surface area contributed by atoms with Gasteiger partial charge in [-0.05, 0) is 19.6 Å². The monoisotopic (exact) mass is 214 g/mol. The molecule has 0 unspecified atom stereocenters.